The molecule has 0 spiro atoms. The average Bonchev–Trinajstić information content (AvgIpc) is 2.12. The maximum absolute atomic E-state index is 10.9. The van der Waals surface area contributed by atoms with Gasteiger partial charge in [0.1, 0.15) is 0 Å². The van der Waals surface area contributed by atoms with E-state index in [4.69, 9.17) is 9.84 Å². The third-order valence-electron chi connectivity index (χ3n) is 1.73. The highest BCUT2D eigenvalue weighted by Gasteiger charge is 2.05. The zero-order chi connectivity index (χ0) is 11.0. The lowest BCUT2D eigenvalue weighted by Gasteiger charge is -2.08. The van der Waals surface area contributed by atoms with Crippen molar-refractivity contribution in [3.05, 3.63) is 12.2 Å². The van der Waals surface area contributed by atoms with E-state index in [2.05, 4.69) is 6.58 Å². The Labute approximate surface area is 84.2 Å². The summed E-state index contributed by atoms with van der Waals surface area (Å²) in [6, 6.07) is 0. The topological polar surface area (TPSA) is 66.8 Å². The Morgan fingerprint density at radius 2 is 2.14 bits per heavy atom. The molecule has 0 aliphatic carbocycles. The first-order valence-corrected chi connectivity index (χ1v) is 4.69. The molecule has 0 heterocycles. The van der Waals surface area contributed by atoms with Crippen LogP contribution in [0.3, 0.4) is 0 Å². The molecule has 0 fully saturated rings. The molecule has 4 nitrogen and oxygen atoms in total. The average molecular weight is 202 g/mol. The van der Waals surface area contributed by atoms with Gasteiger partial charge in [-0.25, -0.2) is 4.79 Å². The van der Waals surface area contributed by atoms with Crippen molar-refractivity contribution in [1.82, 2.24) is 0 Å². The predicted octanol–water partition coefficient (Wildman–Crippen LogP) is 0.629. The molecule has 2 N–H and O–H groups in total. The SMILES string of the molecule is C=C(C)C(=O)OCCCC(O)CCO. The van der Waals surface area contributed by atoms with E-state index in [9.17, 15) is 9.90 Å². The Morgan fingerprint density at radius 3 is 2.64 bits per heavy atom. The second-order valence-electron chi connectivity index (χ2n) is 3.22. The second-order valence-corrected chi connectivity index (χ2v) is 3.22. The molecule has 0 aliphatic heterocycles. The fourth-order valence-corrected chi connectivity index (χ4v) is 0.900. The number of aliphatic hydroxyl groups excluding tert-OH is 2. The normalized spacial score (nSPS) is 12.2. The van der Waals surface area contributed by atoms with Crippen LogP contribution >= 0.6 is 0 Å². The van der Waals surface area contributed by atoms with E-state index in [1.165, 1.54) is 0 Å². The Hall–Kier alpha value is -0.870. The molecule has 0 aromatic rings. The van der Waals surface area contributed by atoms with Gasteiger partial charge in [0.05, 0.1) is 12.7 Å². The van der Waals surface area contributed by atoms with Crippen molar-refractivity contribution in [1.29, 1.82) is 0 Å². The maximum atomic E-state index is 10.9. The van der Waals surface area contributed by atoms with Crippen LogP contribution in [0.15, 0.2) is 12.2 Å². The second kappa shape index (κ2) is 7.53. The summed E-state index contributed by atoms with van der Waals surface area (Å²) < 4.78 is 4.82. The van der Waals surface area contributed by atoms with Gasteiger partial charge in [-0.2, -0.15) is 0 Å². The third kappa shape index (κ3) is 6.62. The van der Waals surface area contributed by atoms with Gasteiger partial charge < -0.3 is 14.9 Å². The minimum Gasteiger partial charge on any atom is -0.462 e. The standard InChI is InChI=1S/C10H18O4/c1-8(2)10(13)14-7-3-4-9(12)5-6-11/h9,11-12H,1,3-7H2,2H3. The minimum absolute atomic E-state index is 0.0211. The highest BCUT2D eigenvalue weighted by molar-refractivity contribution is 5.86. The van der Waals surface area contributed by atoms with E-state index in [1.807, 2.05) is 0 Å². The quantitative estimate of drug-likeness (QED) is 0.361. The monoisotopic (exact) mass is 202 g/mol. The zero-order valence-corrected chi connectivity index (χ0v) is 8.53. The van der Waals surface area contributed by atoms with Crippen LogP contribution in [0.1, 0.15) is 26.2 Å². The van der Waals surface area contributed by atoms with Crippen molar-refractivity contribution in [3.63, 3.8) is 0 Å². The molecule has 0 aliphatic rings. The third-order valence-corrected chi connectivity index (χ3v) is 1.73. The van der Waals surface area contributed by atoms with Crippen LogP contribution < -0.4 is 0 Å². The molecule has 0 aromatic carbocycles. The van der Waals surface area contributed by atoms with Gasteiger partial charge in [0.25, 0.3) is 0 Å². The van der Waals surface area contributed by atoms with Crippen LogP contribution in [0.2, 0.25) is 0 Å². The van der Waals surface area contributed by atoms with Crippen LogP contribution in [-0.4, -0.2) is 35.5 Å². The van der Waals surface area contributed by atoms with Gasteiger partial charge in [-0.3, -0.25) is 0 Å². The van der Waals surface area contributed by atoms with Crippen LogP contribution in [0.5, 0.6) is 0 Å². The lowest BCUT2D eigenvalue weighted by molar-refractivity contribution is -0.139. The van der Waals surface area contributed by atoms with Crippen molar-refractivity contribution in [3.8, 4) is 0 Å². The minimum atomic E-state index is -0.511. The number of carbonyl (C=O) groups is 1. The molecule has 0 radical (unpaired) electrons. The van der Waals surface area contributed by atoms with E-state index < -0.39 is 12.1 Å². The van der Waals surface area contributed by atoms with Crippen LogP contribution in [0.4, 0.5) is 0 Å². The fourth-order valence-electron chi connectivity index (χ4n) is 0.900. The largest absolute Gasteiger partial charge is 0.462 e. The Kier molecular flexibility index (Phi) is 7.06. The first-order valence-electron chi connectivity index (χ1n) is 4.69. The summed E-state index contributed by atoms with van der Waals surface area (Å²) in [4.78, 5) is 10.9. The van der Waals surface area contributed by atoms with Gasteiger partial charge in [0.15, 0.2) is 0 Å². The lowest BCUT2D eigenvalue weighted by atomic mass is 10.1. The Morgan fingerprint density at radius 1 is 1.50 bits per heavy atom. The van der Waals surface area contributed by atoms with E-state index >= 15 is 0 Å². The van der Waals surface area contributed by atoms with Crippen molar-refractivity contribution in [2.45, 2.75) is 32.3 Å². The van der Waals surface area contributed by atoms with Crippen LogP contribution in [0, 0.1) is 0 Å². The molecule has 0 saturated heterocycles. The van der Waals surface area contributed by atoms with Crippen molar-refractivity contribution in [2.75, 3.05) is 13.2 Å². The van der Waals surface area contributed by atoms with Gasteiger partial charge in [-0.05, 0) is 26.2 Å². The van der Waals surface area contributed by atoms with E-state index in [-0.39, 0.29) is 13.2 Å². The van der Waals surface area contributed by atoms with Crippen molar-refractivity contribution < 1.29 is 19.7 Å². The summed E-state index contributed by atoms with van der Waals surface area (Å²) in [5.41, 5.74) is 0.376. The number of hydrogen-bond donors (Lipinski definition) is 2. The fraction of sp³-hybridized carbons (Fsp3) is 0.700. The smallest absolute Gasteiger partial charge is 0.333 e. The number of ether oxygens (including phenoxy) is 1. The number of hydrogen-bond acceptors (Lipinski definition) is 4. The van der Waals surface area contributed by atoms with Gasteiger partial charge in [-0.15, -0.1) is 0 Å². The summed E-state index contributed by atoms with van der Waals surface area (Å²) in [5, 5.41) is 17.7. The van der Waals surface area contributed by atoms with Crippen LogP contribution in [-0.2, 0) is 9.53 Å². The van der Waals surface area contributed by atoms with Crippen LogP contribution in [0.25, 0.3) is 0 Å². The molecular weight excluding hydrogens is 184 g/mol. The van der Waals surface area contributed by atoms with Gasteiger partial charge in [-0.1, -0.05) is 6.58 Å². The summed E-state index contributed by atoms with van der Waals surface area (Å²) in [5.74, 6) is -0.401. The van der Waals surface area contributed by atoms with E-state index in [0.717, 1.165) is 0 Å². The predicted molar refractivity (Wildman–Crippen MR) is 52.7 cm³/mol. The molecule has 0 aromatic heterocycles. The van der Waals surface area contributed by atoms with E-state index in [0.29, 0.717) is 24.8 Å². The molecule has 1 unspecified atom stereocenters. The van der Waals surface area contributed by atoms with E-state index in [1.54, 1.807) is 6.92 Å². The maximum Gasteiger partial charge on any atom is 0.333 e. The summed E-state index contributed by atoms with van der Waals surface area (Å²) in [7, 11) is 0. The van der Waals surface area contributed by atoms with Gasteiger partial charge in [0, 0.05) is 12.2 Å². The Balaban J connectivity index is 3.37. The lowest BCUT2D eigenvalue weighted by Crippen LogP contribution is -2.12. The molecule has 0 amide bonds. The highest BCUT2D eigenvalue weighted by atomic mass is 16.5. The highest BCUT2D eigenvalue weighted by Crippen LogP contribution is 2.02. The summed E-state index contributed by atoms with van der Waals surface area (Å²) in [6.07, 6.45) is 0.988. The molecule has 4 heteroatoms. The summed E-state index contributed by atoms with van der Waals surface area (Å²) in [6.45, 7) is 5.29. The first kappa shape index (κ1) is 13.1. The molecule has 0 rings (SSSR count). The number of carbonyl (C=O) groups excluding carboxylic acids is 1. The number of aliphatic hydroxyl groups is 2. The summed E-state index contributed by atoms with van der Waals surface area (Å²) >= 11 is 0. The molecule has 14 heavy (non-hydrogen) atoms. The Bertz CT molecular complexity index is 189. The molecule has 0 bridgehead atoms. The molecule has 82 valence electrons. The number of esters is 1. The van der Waals surface area contributed by atoms with Gasteiger partial charge >= 0.3 is 5.97 Å². The van der Waals surface area contributed by atoms with Crippen molar-refractivity contribution >= 4 is 5.97 Å². The van der Waals surface area contributed by atoms with Crippen molar-refractivity contribution in [2.24, 2.45) is 0 Å². The molecule has 1 atom stereocenters. The molecular formula is C10H18O4. The first-order chi connectivity index (χ1) is 6.57. The van der Waals surface area contributed by atoms with Gasteiger partial charge in [0.2, 0.25) is 0 Å². The zero-order valence-electron chi connectivity index (χ0n) is 8.53. The molecule has 0 saturated carbocycles. The number of rotatable bonds is 7.